The van der Waals surface area contributed by atoms with Gasteiger partial charge in [-0.25, -0.2) is 27.9 Å². The van der Waals surface area contributed by atoms with E-state index >= 15 is 0 Å². The maximum absolute atomic E-state index is 14.9. The highest BCUT2D eigenvalue weighted by Crippen LogP contribution is 2.33. The molecule has 3 aromatic rings. The van der Waals surface area contributed by atoms with E-state index in [9.17, 15) is 22.8 Å². The molecule has 5 rings (SSSR count). The molecule has 2 saturated heterocycles. The van der Waals surface area contributed by atoms with E-state index in [4.69, 9.17) is 9.26 Å². The highest BCUT2D eigenvalue weighted by Gasteiger charge is 2.39. The van der Waals surface area contributed by atoms with E-state index in [0.29, 0.717) is 43.1 Å². The SMILES string of the molecule is CCN(C(=O)c1cnc(N2CC(NC(=O)OC(C)(C)C)C(c3cc(F)c(F)cc3F)C2)nc1)C1CCN(c2nc(C(C)C)no2)CC1. The number of nitrogens with zero attached hydrogens (tertiary/aromatic N) is 7. The molecule has 254 valence electrons. The number of carbonyl (C=O) groups is 2. The lowest BCUT2D eigenvalue weighted by Gasteiger charge is -2.37. The van der Waals surface area contributed by atoms with E-state index in [1.807, 2.05) is 30.6 Å². The van der Waals surface area contributed by atoms with Crippen LogP contribution in [0.25, 0.3) is 0 Å². The van der Waals surface area contributed by atoms with Gasteiger partial charge in [-0.2, -0.15) is 4.98 Å². The third-order valence-corrected chi connectivity index (χ3v) is 8.35. The van der Waals surface area contributed by atoms with Gasteiger partial charge in [-0.3, -0.25) is 4.79 Å². The number of ether oxygens (including phenoxy) is 1. The fraction of sp³-hybridized carbons (Fsp3) is 0.562. The van der Waals surface area contributed by atoms with E-state index in [1.165, 1.54) is 12.4 Å². The second-order valence-corrected chi connectivity index (χ2v) is 13.2. The third kappa shape index (κ3) is 7.76. The van der Waals surface area contributed by atoms with Crippen LogP contribution in [0.1, 0.15) is 88.0 Å². The van der Waals surface area contributed by atoms with Gasteiger partial charge in [0, 0.05) is 69.1 Å². The average molecular weight is 659 g/mol. The normalized spacial score (nSPS) is 18.9. The molecular formula is C32H41F3N8O4. The van der Waals surface area contributed by atoms with E-state index in [2.05, 4.69) is 25.4 Å². The molecule has 2 aliphatic heterocycles. The van der Waals surface area contributed by atoms with Crippen LogP contribution in [0.5, 0.6) is 0 Å². The van der Waals surface area contributed by atoms with Crippen LogP contribution in [-0.2, 0) is 4.74 Å². The molecule has 2 amide bonds. The van der Waals surface area contributed by atoms with Crippen molar-refractivity contribution in [3.8, 4) is 0 Å². The topological polar surface area (TPSA) is 130 Å². The smallest absolute Gasteiger partial charge is 0.407 e. The van der Waals surface area contributed by atoms with Crippen LogP contribution >= 0.6 is 0 Å². The fourth-order valence-corrected chi connectivity index (χ4v) is 6.00. The second-order valence-electron chi connectivity index (χ2n) is 13.2. The van der Waals surface area contributed by atoms with Crippen LogP contribution < -0.4 is 15.1 Å². The van der Waals surface area contributed by atoms with E-state index in [1.54, 1.807) is 25.7 Å². The zero-order valence-electron chi connectivity index (χ0n) is 27.5. The Bertz CT molecular complexity index is 1570. The quantitative estimate of drug-likeness (QED) is 0.329. The maximum Gasteiger partial charge on any atom is 0.407 e. The van der Waals surface area contributed by atoms with Crippen molar-refractivity contribution < 1.29 is 32.0 Å². The largest absolute Gasteiger partial charge is 0.444 e. The number of amides is 2. The minimum atomic E-state index is -1.31. The summed E-state index contributed by atoms with van der Waals surface area (Å²) in [4.78, 5) is 45.1. The third-order valence-electron chi connectivity index (χ3n) is 8.35. The molecule has 2 atom stereocenters. The Balaban J connectivity index is 1.27. The van der Waals surface area contributed by atoms with Crippen molar-refractivity contribution >= 4 is 24.0 Å². The minimum absolute atomic E-state index is 0.000875. The number of hydrogen-bond donors (Lipinski definition) is 1. The molecule has 2 aliphatic rings. The number of carbonyl (C=O) groups excluding carboxylic acids is 2. The van der Waals surface area contributed by atoms with Crippen LogP contribution in [0, 0.1) is 17.5 Å². The zero-order valence-corrected chi connectivity index (χ0v) is 27.5. The van der Waals surface area contributed by atoms with Gasteiger partial charge in [0.25, 0.3) is 5.91 Å². The fourth-order valence-electron chi connectivity index (χ4n) is 6.00. The first kappa shape index (κ1) is 33.9. The number of alkyl carbamates (subject to hydrolysis) is 1. The van der Waals surface area contributed by atoms with Gasteiger partial charge in [0.05, 0.1) is 11.6 Å². The average Bonchev–Trinajstić information content (AvgIpc) is 3.67. The van der Waals surface area contributed by atoms with Gasteiger partial charge in [0.2, 0.25) is 5.95 Å². The Morgan fingerprint density at radius 3 is 2.30 bits per heavy atom. The van der Waals surface area contributed by atoms with Gasteiger partial charge in [-0.15, -0.1) is 0 Å². The number of hydrogen-bond acceptors (Lipinski definition) is 10. The summed E-state index contributed by atoms with van der Waals surface area (Å²) in [7, 11) is 0. The number of rotatable bonds is 8. The number of piperidine rings is 1. The van der Waals surface area contributed by atoms with Gasteiger partial charge in [-0.1, -0.05) is 19.0 Å². The van der Waals surface area contributed by atoms with Crippen LogP contribution in [-0.4, -0.2) is 87.4 Å². The van der Waals surface area contributed by atoms with Crippen molar-refractivity contribution in [1.82, 2.24) is 30.3 Å². The van der Waals surface area contributed by atoms with Gasteiger partial charge in [0.15, 0.2) is 17.5 Å². The first-order chi connectivity index (χ1) is 22.2. The monoisotopic (exact) mass is 658 g/mol. The summed E-state index contributed by atoms with van der Waals surface area (Å²) in [5, 5.41) is 6.78. The van der Waals surface area contributed by atoms with Gasteiger partial charge in [0.1, 0.15) is 11.4 Å². The lowest BCUT2D eigenvalue weighted by molar-refractivity contribution is 0.0504. The Morgan fingerprint density at radius 2 is 1.70 bits per heavy atom. The summed E-state index contributed by atoms with van der Waals surface area (Å²) in [6, 6.07) is 1.05. The van der Waals surface area contributed by atoms with Gasteiger partial charge in [-0.05, 0) is 52.2 Å². The highest BCUT2D eigenvalue weighted by molar-refractivity contribution is 5.94. The summed E-state index contributed by atoms with van der Waals surface area (Å²) < 4.78 is 53.6. The van der Waals surface area contributed by atoms with Crippen LogP contribution in [0.15, 0.2) is 29.0 Å². The number of nitrogens with one attached hydrogen (secondary N) is 1. The van der Waals surface area contributed by atoms with Crippen molar-refractivity contribution in [3.05, 3.63) is 58.9 Å². The van der Waals surface area contributed by atoms with Crippen LogP contribution in [0.4, 0.5) is 29.9 Å². The molecule has 12 nitrogen and oxygen atoms in total. The van der Waals surface area contributed by atoms with Gasteiger partial charge >= 0.3 is 12.1 Å². The highest BCUT2D eigenvalue weighted by atomic mass is 19.2. The zero-order chi connectivity index (χ0) is 34.0. The Kier molecular flexibility index (Phi) is 9.92. The summed E-state index contributed by atoms with van der Waals surface area (Å²) in [6.07, 6.45) is 3.59. The maximum atomic E-state index is 14.9. The number of halogens is 3. The Hall–Kier alpha value is -4.43. The van der Waals surface area contributed by atoms with Crippen molar-refractivity contribution in [2.45, 2.75) is 83.9 Å². The molecule has 2 fully saturated rings. The molecular weight excluding hydrogens is 617 g/mol. The van der Waals surface area contributed by atoms with Gasteiger partial charge < -0.3 is 29.3 Å². The predicted octanol–water partition coefficient (Wildman–Crippen LogP) is 5.03. The molecule has 4 heterocycles. The van der Waals surface area contributed by atoms with E-state index < -0.39 is 41.1 Å². The molecule has 2 unspecified atom stereocenters. The predicted molar refractivity (Wildman–Crippen MR) is 167 cm³/mol. The number of anilines is 2. The van der Waals surface area contributed by atoms with E-state index in [0.717, 1.165) is 18.9 Å². The standard InChI is InChI=1S/C32H41F3N8O4/c1-7-43(20-8-10-41(11-9-20)30-39-27(18(2)3)40-47-30)28(44)19-14-36-29(37-15-19)42-16-22(21-12-24(34)25(35)13-23(21)33)26(17-42)38-31(45)46-32(4,5)6/h12-15,18,20,22,26H,7-11,16-17H2,1-6H3,(H,38,45). The molecule has 0 spiro atoms. The van der Waals surface area contributed by atoms with Crippen molar-refractivity contribution in [2.24, 2.45) is 0 Å². The number of aromatic nitrogens is 4. The molecule has 47 heavy (non-hydrogen) atoms. The first-order valence-corrected chi connectivity index (χ1v) is 15.8. The Labute approximate surface area is 271 Å². The molecule has 0 aliphatic carbocycles. The molecule has 2 aromatic heterocycles. The summed E-state index contributed by atoms with van der Waals surface area (Å²) in [6.45, 7) is 13.1. The lowest BCUT2D eigenvalue weighted by Crippen LogP contribution is -2.47. The van der Waals surface area contributed by atoms with Crippen molar-refractivity contribution in [1.29, 1.82) is 0 Å². The second kappa shape index (κ2) is 13.7. The Morgan fingerprint density at radius 1 is 1.04 bits per heavy atom. The lowest BCUT2D eigenvalue weighted by atomic mass is 9.93. The van der Waals surface area contributed by atoms with Crippen LogP contribution in [0.2, 0.25) is 0 Å². The molecule has 1 aromatic carbocycles. The minimum Gasteiger partial charge on any atom is -0.444 e. The van der Waals surface area contributed by atoms with Crippen molar-refractivity contribution in [2.75, 3.05) is 42.5 Å². The first-order valence-electron chi connectivity index (χ1n) is 15.8. The summed E-state index contributed by atoms with van der Waals surface area (Å²) in [5.41, 5.74) is -0.573. The molecule has 0 radical (unpaired) electrons. The van der Waals surface area contributed by atoms with Crippen LogP contribution in [0.3, 0.4) is 0 Å². The molecule has 1 N–H and O–H groups in total. The van der Waals surface area contributed by atoms with Crippen molar-refractivity contribution in [3.63, 3.8) is 0 Å². The number of benzene rings is 1. The molecule has 15 heteroatoms. The summed E-state index contributed by atoms with van der Waals surface area (Å²) in [5.74, 6) is -3.35. The summed E-state index contributed by atoms with van der Waals surface area (Å²) >= 11 is 0. The molecule has 0 bridgehead atoms. The van der Waals surface area contributed by atoms with E-state index in [-0.39, 0.29) is 42.5 Å². The molecule has 0 saturated carbocycles.